The molecule has 2 heterocycles. The molecule has 0 spiro atoms. The second-order valence-corrected chi connectivity index (χ2v) is 4.77. The summed E-state index contributed by atoms with van der Waals surface area (Å²) in [6, 6.07) is -0.0645. The fraction of sp³-hybridized carbons (Fsp3) is 0.818. The highest BCUT2D eigenvalue weighted by molar-refractivity contribution is 5.76. The maximum Gasteiger partial charge on any atom is 0.320 e. The number of rotatable bonds is 1. The zero-order chi connectivity index (χ0) is 12.4. The van der Waals surface area contributed by atoms with E-state index in [-0.39, 0.29) is 11.9 Å². The quantitative estimate of drug-likeness (QED) is 0.676. The molecule has 17 heavy (non-hydrogen) atoms. The van der Waals surface area contributed by atoms with Crippen molar-refractivity contribution in [2.45, 2.75) is 25.4 Å². The molecule has 1 unspecified atom stereocenters. The molecule has 6 nitrogen and oxygen atoms in total. The third-order valence-electron chi connectivity index (χ3n) is 3.55. The van der Waals surface area contributed by atoms with E-state index < -0.39 is 12.1 Å². The lowest BCUT2D eigenvalue weighted by atomic mass is 9.97. The Kier molecular flexibility index (Phi) is 3.51. The number of β-amino-alcohol motifs (C(OH)–C–C–N with tert-alkyl or cyclic N) is 1. The molecule has 2 aliphatic rings. The average Bonchev–Trinajstić information content (AvgIpc) is 2.75. The molecule has 2 fully saturated rings. The summed E-state index contributed by atoms with van der Waals surface area (Å²) in [5.41, 5.74) is 0. The van der Waals surface area contributed by atoms with Gasteiger partial charge in [0.25, 0.3) is 0 Å². The average molecular weight is 242 g/mol. The van der Waals surface area contributed by atoms with Gasteiger partial charge in [-0.05, 0) is 19.3 Å². The number of hydrogen-bond acceptors (Lipinski definition) is 3. The van der Waals surface area contributed by atoms with Gasteiger partial charge in [0, 0.05) is 26.2 Å². The highest BCUT2D eigenvalue weighted by Crippen LogP contribution is 2.20. The normalized spacial score (nSPS) is 26.3. The van der Waals surface area contributed by atoms with E-state index in [9.17, 15) is 14.7 Å². The third-order valence-corrected chi connectivity index (χ3v) is 3.55. The van der Waals surface area contributed by atoms with Crippen molar-refractivity contribution in [3.05, 3.63) is 0 Å². The Labute approximate surface area is 99.8 Å². The van der Waals surface area contributed by atoms with Crippen molar-refractivity contribution < 1.29 is 19.8 Å². The maximum absolute atomic E-state index is 12.0. The number of hydrogen-bond donors (Lipinski definition) is 2. The molecule has 96 valence electrons. The number of piperidine rings is 1. The minimum absolute atomic E-state index is 0.0645. The van der Waals surface area contributed by atoms with E-state index >= 15 is 0 Å². The number of carbonyl (C=O) groups excluding carboxylic acids is 1. The summed E-state index contributed by atoms with van der Waals surface area (Å²) in [6.07, 6.45) is 1.28. The van der Waals surface area contributed by atoms with Gasteiger partial charge in [-0.25, -0.2) is 4.79 Å². The highest BCUT2D eigenvalue weighted by Gasteiger charge is 2.32. The number of nitrogens with zero attached hydrogens (tertiary/aromatic N) is 2. The topological polar surface area (TPSA) is 81.1 Å². The van der Waals surface area contributed by atoms with Crippen LogP contribution in [0.15, 0.2) is 0 Å². The number of aliphatic hydroxyl groups is 1. The highest BCUT2D eigenvalue weighted by atomic mass is 16.4. The number of carbonyl (C=O) groups is 2. The van der Waals surface area contributed by atoms with Gasteiger partial charge in [-0.1, -0.05) is 0 Å². The smallest absolute Gasteiger partial charge is 0.320 e. The van der Waals surface area contributed by atoms with Gasteiger partial charge in [-0.15, -0.1) is 0 Å². The van der Waals surface area contributed by atoms with Gasteiger partial charge >= 0.3 is 12.0 Å². The molecule has 0 aliphatic carbocycles. The van der Waals surface area contributed by atoms with Crippen LogP contribution in [0, 0.1) is 5.92 Å². The van der Waals surface area contributed by atoms with Crippen LogP contribution in [0.3, 0.4) is 0 Å². The molecule has 0 aromatic rings. The first-order valence-electron chi connectivity index (χ1n) is 6.02. The summed E-state index contributed by atoms with van der Waals surface area (Å²) < 4.78 is 0. The Hall–Kier alpha value is -1.30. The summed E-state index contributed by atoms with van der Waals surface area (Å²) in [6.45, 7) is 2.00. The molecule has 6 heteroatoms. The molecular formula is C11H18N2O4. The van der Waals surface area contributed by atoms with Crippen LogP contribution in [0.5, 0.6) is 0 Å². The molecular weight excluding hydrogens is 224 g/mol. The van der Waals surface area contributed by atoms with Gasteiger partial charge in [0.1, 0.15) is 0 Å². The number of amides is 2. The number of aliphatic hydroxyl groups excluding tert-OH is 1. The van der Waals surface area contributed by atoms with Crippen molar-refractivity contribution in [2.24, 2.45) is 5.92 Å². The Morgan fingerprint density at radius 3 is 2.06 bits per heavy atom. The van der Waals surface area contributed by atoms with Crippen molar-refractivity contribution in [3.8, 4) is 0 Å². The Morgan fingerprint density at radius 1 is 1.00 bits per heavy atom. The molecule has 0 aromatic heterocycles. The van der Waals surface area contributed by atoms with Gasteiger partial charge in [-0.2, -0.15) is 0 Å². The van der Waals surface area contributed by atoms with Crippen molar-refractivity contribution >= 4 is 12.0 Å². The standard InChI is InChI=1S/C11H18N2O4/c14-9-3-6-13(7-9)11(17)12-4-1-8(2-5-12)10(15)16/h8-9,14H,1-7H2,(H,15,16). The van der Waals surface area contributed by atoms with Gasteiger partial charge in [0.05, 0.1) is 12.0 Å². The van der Waals surface area contributed by atoms with Crippen molar-refractivity contribution in [1.29, 1.82) is 0 Å². The fourth-order valence-corrected chi connectivity index (χ4v) is 2.43. The molecule has 0 radical (unpaired) electrons. The SMILES string of the molecule is O=C(O)C1CCN(C(=O)N2CCC(O)C2)CC1. The zero-order valence-electron chi connectivity index (χ0n) is 9.71. The fourth-order valence-electron chi connectivity index (χ4n) is 2.43. The van der Waals surface area contributed by atoms with Gasteiger partial charge in [-0.3, -0.25) is 4.79 Å². The summed E-state index contributed by atoms with van der Waals surface area (Å²) in [5.74, 6) is -1.09. The Bertz CT molecular complexity index is 313. The number of carboxylic acid groups (broad SMARTS) is 1. The largest absolute Gasteiger partial charge is 0.481 e. The van der Waals surface area contributed by atoms with E-state index in [4.69, 9.17) is 5.11 Å². The first kappa shape index (κ1) is 12.2. The lowest BCUT2D eigenvalue weighted by molar-refractivity contribution is -0.143. The van der Waals surface area contributed by atoms with Crippen molar-refractivity contribution in [1.82, 2.24) is 9.80 Å². The van der Waals surface area contributed by atoms with E-state index in [1.54, 1.807) is 9.80 Å². The lowest BCUT2D eigenvalue weighted by Crippen LogP contribution is -2.46. The zero-order valence-corrected chi connectivity index (χ0v) is 9.71. The van der Waals surface area contributed by atoms with Crippen LogP contribution in [-0.2, 0) is 4.79 Å². The summed E-state index contributed by atoms with van der Waals surface area (Å²) >= 11 is 0. The van der Waals surface area contributed by atoms with Gasteiger partial charge < -0.3 is 20.0 Å². The van der Waals surface area contributed by atoms with Crippen LogP contribution in [0.1, 0.15) is 19.3 Å². The minimum Gasteiger partial charge on any atom is -0.481 e. The van der Waals surface area contributed by atoms with Crippen molar-refractivity contribution in [2.75, 3.05) is 26.2 Å². The first-order valence-corrected chi connectivity index (χ1v) is 6.02. The predicted molar refractivity (Wildman–Crippen MR) is 59.5 cm³/mol. The molecule has 2 N–H and O–H groups in total. The summed E-state index contributed by atoms with van der Waals surface area (Å²) in [5, 5.41) is 18.2. The van der Waals surface area contributed by atoms with Crippen LogP contribution in [0.4, 0.5) is 4.79 Å². The predicted octanol–water partition coefficient (Wildman–Crippen LogP) is -0.0304. The van der Waals surface area contributed by atoms with Crippen LogP contribution >= 0.6 is 0 Å². The number of urea groups is 1. The summed E-state index contributed by atoms with van der Waals surface area (Å²) in [7, 11) is 0. The maximum atomic E-state index is 12.0. The Morgan fingerprint density at radius 2 is 1.59 bits per heavy atom. The third kappa shape index (κ3) is 2.69. The molecule has 1 atom stereocenters. The monoisotopic (exact) mass is 242 g/mol. The first-order chi connectivity index (χ1) is 8.08. The second-order valence-electron chi connectivity index (χ2n) is 4.77. The lowest BCUT2D eigenvalue weighted by Gasteiger charge is -2.33. The van der Waals surface area contributed by atoms with Crippen LogP contribution < -0.4 is 0 Å². The van der Waals surface area contributed by atoms with E-state index in [0.29, 0.717) is 45.4 Å². The molecule has 2 amide bonds. The van der Waals surface area contributed by atoms with Crippen LogP contribution in [-0.4, -0.2) is 64.3 Å². The molecule has 2 saturated heterocycles. The molecule has 0 saturated carbocycles. The van der Waals surface area contributed by atoms with E-state index in [1.165, 1.54) is 0 Å². The second kappa shape index (κ2) is 4.91. The Balaban J connectivity index is 1.84. The number of likely N-dealkylation sites (tertiary alicyclic amines) is 2. The number of carboxylic acids is 1. The van der Waals surface area contributed by atoms with Gasteiger partial charge in [0.2, 0.25) is 0 Å². The minimum atomic E-state index is -0.770. The van der Waals surface area contributed by atoms with Crippen LogP contribution in [0.25, 0.3) is 0 Å². The van der Waals surface area contributed by atoms with E-state index in [1.807, 2.05) is 0 Å². The van der Waals surface area contributed by atoms with E-state index in [2.05, 4.69) is 0 Å². The molecule has 2 aliphatic heterocycles. The van der Waals surface area contributed by atoms with Crippen LogP contribution in [0.2, 0.25) is 0 Å². The van der Waals surface area contributed by atoms with Gasteiger partial charge in [0.15, 0.2) is 0 Å². The molecule has 0 bridgehead atoms. The van der Waals surface area contributed by atoms with E-state index in [0.717, 1.165) is 0 Å². The number of aliphatic carboxylic acids is 1. The van der Waals surface area contributed by atoms with Crippen molar-refractivity contribution in [3.63, 3.8) is 0 Å². The molecule has 0 aromatic carbocycles. The molecule has 2 rings (SSSR count). The summed E-state index contributed by atoms with van der Waals surface area (Å²) in [4.78, 5) is 26.1.